The SMILES string of the molecule is [2H]C([2H])([15NH]C(=O)c1cn2c(c(OCCCC)c1=O)C(=O)N1C[C@@H]2[C@]2(CC[C@@H]1C)CC(C)=NO2)c1ccc(F)cc1F. The van der Waals surface area contributed by atoms with Gasteiger partial charge in [-0.05, 0) is 39.2 Å². The molecule has 1 aromatic carbocycles. The zero-order chi connectivity index (χ0) is 29.7. The van der Waals surface area contributed by atoms with Crippen LogP contribution in [0.2, 0.25) is 0 Å². The van der Waals surface area contributed by atoms with E-state index in [1.807, 2.05) is 20.8 Å². The molecule has 4 heterocycles. The second-order valence-electron chi connectivity index (χ2n) is 10.4. The van der Waals surface area contributed by atoms with Crippen molar-refractivity contribution in [1.29, 1.82) is 0 Å². The van der Waals surface area contributed by atoms with E-state index in [-0.39, 0.29) is 30.6 Å². The standard InChI is InChI=1S/C28H32F2N4O5/c1-4-5-10-38-25-23-27(37)33-15-22(28(9-8-17(33)3)12-16(2)32-39-28)34(23)14-20(24(25)35)26(36)31-13-18-6-7-19(29)11-21(18)30/h6-7,11,14,17,22H,4-5,8-10,12-13,15H2,1-3H3,(H,31,36)/t17-,22+,28-/m0/s1/i13D2,31+1. The van der Waals surface area contributed by atoms with Crippen LogP contribution in [-0.2, 0) is 11.3 Å². The molecule has 2 bridgehead atoms. The molecule has 1 fully saturated rings. The van der Waals surface area contributed by atoms with Crippen molar-refractivity contribution in [3.05, 3.63) is 63.1 Å². The first kappa shape index (κ1) is 24.3. The molecule has 0 radical (unpaired) electrons. The van der Waals surface area contributed by atoms with Crippen molar-refractivity contribution < 1.29 is 30.7 Å². The van der Waals surface area contributed by atoms with Gasteiger partial charge in [0.2, 0.25) is 5.43 Å². The van der Waals surface area contributed by atoms with Gasteiger partial charge < -0.3 is 24.4 Å². The highest BCUT2D eigenvalue weighted by Crippen LogP contribution is 2.46. The number of oxime groups is 1. The molecular formula is C28H32F2N4O5. The number of carbonyl (C=O) groups excluding carboxylic acids is 2. The van der Waals surface area contributed by atoms with Crippen molar-refractivity contribution in [2.24, 2.45) is 5.16 Å². The molecule has 2 aromatic rings. The molecule has 0 aliphatic carbocycles. The average molecular weight is 546 g/mol. The van der Waals surface area contributed by atoms with Gasteiger partial charge in [-0.2, -0.15) is 0 Å². The fourth-order valence-corrected chi connectivity index (χ4v) is 5.51. The second-order valence-corrected chi connectivity index (χ2v) is 10.4. The molecule has 39 heavy (non-hydrogen) atoms. The zero-order valence-corrected chi connectivity index (χ0v) is 22.1. The summed E-state index contributed by atoms with van der Waals surface area (Å²) in [5.41, 5.74) is -2.06. The number of ether oxygens (including phenoxy) is 1. The van der Waals surface area contributed by atoms with Crippen molar-refractivity contribution in [3.63, 3.8) is 0 Å². The van der Waals surface area contributed by atoms with Gasteiger partial charge in [0.15, 0.2) is 17.0 Å². The molecule has 0 saturated carbocycles. The van der Waals surface area contributed by atoms with Crippen molar-refractivity contribution in [2.75, 3.05) is 13.2 Å². The van der Waals surface area contributed by atoms with Gasteiger partial charge in [-0.25, -0.2) is 8.78 Å². The van der Waals surface area contributed by atoms with Crippen molar-refractivity contribution in [1.82, 2.24) is 14.8 Å². The smallest absolute Gasteiger partial charge is 0.274 e. The lowest BCUT2D eigenvalue weighted by molar-refractivity contribution is -0.0656. The van der Waals surface area contributed by atoms with Gasteiger partial charge in [0.1, 0.15) is 17.2 Å². The molecule has 1 spiro atoms. The van der Waals surface area contributed by atoms with E-state index in [0.717, 1.165) is 24.3 Å². The zero-order valence-electron chi connectivity index (χ0n) is 24.1. The number of nitrogens with one attached hydrogen (secondary N) is 1. The Bertz CT molecular complexity index is 1500. The molecule has 2 amide bonds. The first-order valence-corrected chi connectivity index (χ1v) is 13.1. The third kappa shape index (κ3) is 4.79. The molecule has 0 unspecified atom stereocenters. The first-order chi connectivity index (χ1) is 19.4. The Kier molecular flexibility index (Phi) is 6.49. The van der Waals surface area contributed by atoms with Crippen molar-refractivity contribution in [2.45, 2.75) is 77.1 Å². The van der Waals surface area contributed by atoms with E-state index in [9.17, 15) is 23.2 Å². The summed E-state index contributed by atoms with van der Waals surface area (Å²) in [7, 11) is 0. The summed E-state index contributed by atoms with van der Waals surface area (Å²) < 4.78 is 51.8. The number of aromatic nitrogens is 1. The molecule has 3 aliphatic rings. The lowest BCUT2D eigenvalue weighted by Gasteiger charge is -2.42. The van der Waals surface area contributed by atoms with E-state index in [0.29, 0.717) is 31.7 Å². The minimum absolute atomic E-state index is 0.00669. The molecule has 1 N–H and O–H groups in total. The Morgan fingerprint density at radius 1 is 1.36 bits per heavy atom. The van der Waals surface area contributed by atoms with Crippen LogP contribution in [0.15, 0.2) is 34.3 Å². The first-order valence-electron chi connectivity index (χ1n) is 14.1. The molecule has 1 aromatic heterocycles. The minimum atomic E-state index is -2.80. The summed E-state index contributed by atoms with van der Waals surface area (Å²) in [6.45, 7) is 3.27. The molecule has 5 rings (SSSR count). The van der Waals surface area contributed by atoms with E-state index in [2.05, 4.69) is 10.5 Å². The predicted molar refractivity (Wildman–Crippen MR) is 139 cm³/mol. The van der Waals surface area contributed by atoms with Gasteiger partial charge in [0.25, 0.3) is 11.8 Å². The fourth-order valence-electron chi connectivity index (χ4n) is 5.51. The van der Waals surface area contributed by atoms with Gasteiger partial charge in [0, 0.05) is 43.3 Å². The fraction of sp³-hybridized carbons (Fsp3) is 0.500. The number of hydrogen-bond acceptors (Lipinski definition) is 6. The molecule has 3 atom stereocenters. The Balaban J connectivity index is 1.64. The molecule has 3 aliphatic heterocycles. The Labute approximate surface area is 227 Å². The maximum Gasteiger partial charge on any atom is 0.274 e. The van der Waals surface area contributed by atoms with E-state index in [1.54, 1.807) is 4.90 Å². The van der Waals surface area contributed by atoms with Gasteiger partial charge in [-0.3, -0.25) is 14.4 Å². The van der Waals surface area contributed by atoms with Crippen LogP contribution >= 0.6 is 0 Å². The van der Waals surface area contributed by atoms with E-state index in [1.165, 1.54) is 10.8 Å². The van der Waals surface area contributed by atoms with E-state index < -0.39 is 58.1 Å². The number of fused-ring (bicyclic) bond motifs is 5. The summed E-state index contributed by atoms with van der Waals surface area (Å²) in [5.74, 6) is -3.98. The van der Waals surface area contributed by atoms with Crippen LogP contribution in [0.5, 0.6) is 5.75 Å². The number of amides is 2. The number of halogens is 2. The summed E-state index contributed by atoms with van der Waals surface area (Å²) in [4.78, 5) is 48.7. The van der Waals surface area contributed by atoms with Crippen molar-refractivity contribution in [3.8, 4) is 5.75 Å². The van der Waals surface area contributed by atoms with Crippen LogP contribution in [0, 0.1) is 11.6 Å². The maximum atomic E-state index is 14.4. The topological polar surface area (TPSA) is 102 Å². The highest BCUT2D eigenvalue weighted by atomic mass is 19.1. The minimum Gasteiger partial charge on any atom is -0.487 e. The van der Waals surface area contributed by atoms with E-state index >= 15 is 0 Å². The predicted octanol–water partition coefficient (Wildman–Crippen LogP) is 3.95. The number of unbranched alkanes of at least 4 members (excludes halogenated alkanes) is 1. The van der Waals surface area contributed by atoms with Crippen LogP contribution in [0.4, 0.5) is 8.78 Å². The molecule has 208 valence electrons. The normalized spacial score (nSPS) is 24.8. The number of benzene rings is 1. The number of pyridine rings is 1. The number of rotatable bonds is 7. The number of nitrogens with zero attached hydrogens (tertiary/aromatic N) is 3. The third-order valence-corrected chi connectivity index (χ3v) is 7.65. The Morgan fingerprint density at radius 3 is 2.85 bits per heavy atom. The lowest BCUT2D eigenvalue weighted by atomic mass is 9.84. The highest BCUT2D eigenvalue weighted by molar-refractivity contribution is 5.99. The highest BCUT2D eigenvalue weighted by Gasteiger charge is 2.53. The summed E-state index contributed by atoms with van der Waals surface area (Å²) in [6, 6.07) is 1.57. The number of carbonyl (C=O) groups is 2. The van der Waals surface area contributed by atoms with Crippen LogP contribution in [0.1, 0.15) is 88.1 Å². The average Bonchev–Trinajstić information content (AvgIpc) is 3.23. The largest absolute Gasteiger partial charge is 0.487 e. The van der Waals surface area contributed by atoms with Gasteiger partial charge >= 0.3 is 0 Å². The number of hydrogen-bond donors (Lipinski definition) is 1. The van der Waals surface area contributed by atoms with Crippen LogP contribution in [0.25, 0.3) is 0 Å². The summed E-state index contributed by atoms with van der Waals surface area (Å²) in [5, 5.41) is 6.25. The second kappa shape index (κ2) is 10.4. The molecule has 1 saturated heterocycles. The van der Waals surface area contributed by atoms with E-state index in [4.69, 9.17) is 12.3 Å². The Morgan fingerprint density at radius 2 is 2.15 bits per heavy atom. The summed E-state index contributed by atoms with van der Waals surface area (Å²) in [6.07, 6.45) is 4.24. The van der Waals surface area contributed by atoms with Gasteiger partial charge in [0.05, 0.1) is 21.1 Å². The monoisotopic (exact) mass is 545 g/mol. The lowest BCUT2D eigenvalue weighted by Crippen LogP contribution is -2.52. The summed E-state index contributed by atoms with van der Waals surface area (Å²) >= 11 is 0. The van der Waals surface area contributed by atoms with Crippen LogP contribution in [0.3, 0.4) is 0 Å². The van der Waals surface area contributed by atoms with Crippen LogP contribution < -0.4 is 15.5 Å². The third-order valence-electron chi connectivity index (χ3n) is 7.65. The molecule has 9 nitrogen and oxygen atoms in total. The molecule has 11 heteroatoms. The van der Waals surface area contributed by atoms with Gasteiger partial charge in [-0.15, -0.1) is 0 Å². The quantitative estimate of drug-likeness (QED) is 0.419. The maximum absolute atomic E-state index is 14.4. The Hall–Kier alpha value is -3.76. The van der Waals surface area contributed by atoms with Crippen molar-refractivity contribution >= 4 is 17.5 Å². The van der Waals surface area contributed by atoms with Gasteiger partial charge in [-0.1, -0.05) is 24.6 Å². The van der Waals surface area contributed by atoms with Crippen LogP contribution in [-0.4, -0.2) is 51.8 Å². The molecular weight excluding hydrogens is 511 g/mol.